The zero-order valence-electron chi connectivity index (χ0n) is 14.2. The van der Waals surface area contributed by atoms with Gasteiger partial charge in [-0.2, -0.15) is 10.4 Å². The maximum atomic E-state index is 13.0. The highest BCUT2D eigenvalue weighted by molar-refractivity contribution is 14.1. The minimum absolute atomic E-state index is 0.0957. The molecule has 2 aromatic rings. The maximum Gasteiger partial charge on any atom is 0.251 e. The monoisotopic (exact) mass is 446 g/mol. The van der Waals surface area contributed by atoms with Gasteiger partial charge in [0.2, 0.25) is 0 Å². The van der Waals surface area contributed by atoms with Crippen LogP contribution in [0.5, 0.6) is 0 Å². The van der Waals surface area contributed by atoms with Gasteiger partial charge in [0.1, 0.15) is 5.54 Å². The molecular weight excluding hydrogens is 427 g/mol. The largest absolute Gasteiger partial charge is 0.324 e. The van der Waals surface area contributed by atoms with Crippen LogP contribution in [0, 0.1) is 14.9 Å². The first-order valence-electron chi connectivity index (χ1n) is 8.51. The molecule has 2 bridgehead atoms. The van der Waals surface area contributed by atoms with Crippen LogP contribution in [0.2, 0.25) is 0 Å². The lowest BCUT2D eigenvalue weighted by Crippen LogP contribution is -2.40. The summed E-state index contributed by atoms with van der Waals surface area (Å²) >= 11 is 2.19. The van der Waals surface area contributed by atoms with E-state index in [-0.39, 0.29) is 5.91 Å². The molecule has 1 saturated carbocycles. The number of hydrogen-bond acceptors (Lipinski definition) is 3. The summed E-state index contributed by atoms with van der Waals surface area (Å²) in [5, 5.41) is 16.8. The summed E-state index contributed by atoms with van der Waals surface area (Å²) in [7, 11) is 0. The van der Waals surface area contributed by atoms with E-state index in [9.17, 15) is 10.1 Å². The molecule has 6 heteroatoms. The summed E-state index contributed by atoms with van der Waals surface area (Å²) < 4.78 is 2.69. The van der Waals surface area contributed by atoms with Gasteiger partial charge in [-0.3, -0.25) is 9.48 Å². The van der Waals surface area contributed by atoms with E-state index in [4.69, 9.17) is 0 Å². The van der Waals surface area contributed by atoms with Crippen LogP contribution >= 0.6 is 22.6 Å². The Bertz CT molecular complexity index is 909. The third kappa shape index (κ3) is 2.56. The molecule has 4 rings (SSSR count). The Morgan fingerprint density at radius 3 is 2.72 bits per heavy atom. The number of hydrogen-bond donors (Lipinski definition) is 1. The topological polar surface area (TPSA) is 70.7 Å². The second-order valence-electron chi connectivity index (χ2n) is 7.42. The van der Waals surface area contributed by atoms with E-state index in [1.165, 1.54) is 11.1 Å². The number of rotatable bonds is 3. The summed E-state index contributed by atoms with van der Waals surface area (Å²) in [6.45, 7) is 3.73. The van der Waals surface area contributed by atoms with Crippen molar-refractivity contribution in [1.29, 1.82) is 5.26 Å². The lowest BCUT2D eigenvalue weighted by molar-refractivity contribution is -0.123. The van der Waals surface area contributed by atoms with Crippen molar-refractivity contribution in [2.24, 2.45) is 0 Å². The second-order valence-corrected chi connectivity index (χ2v) is 8.67. The molecule has 25 heavy (non-hydrogen) atoms. The van der Waals surface area contributed by atoms with Crippen molar-refractivity contribution < 1.29 is 4.79 Å². The fraction of sp³-hybridized carbons (Fsp3) is 0.421. The number of anilines is 1. The van der Waals surface area contributed by atoms with Gasteiger partial charge in [-0.1, -0.05) is 0 Å². The molecule has 1 aromatic carbocycles. The van der Waals surface area contributed by atoms with Gasteiger partial charge >= 0.3 is 0 Å². The summed E-state index contributed by atoms with van der Waals surface area (Å²) in [5.74, 6) is 0.853. The van der Waals surface area contributed by atoms with Gasteiger partial charge < -0.3 is 5.32 Å². The Labute approximate surface area is 160 Å². The number of fused-ring (bicyclic) bond motifs is 5. The van der Waals surface area contributed by atoms with E-state index < -0.39 is 5.54 Å². The van der Waals surface area contributed by atoms with Crippen LogP contribution in [0.15, 0.2) is 24.5 Å². The van der Waals surface area contributed by atoms with Crippen molar-refractivity contribution >= 4 is 34.2 Å². The second kappa shape index (κ2) is 5.84. The SMILES string of the molecule is CC(C)(C(=O)Nc1ccc(C#N)c2c1C1CCC2C1)n1cc(I)cn1. The summed E-state index contributed by atoms with van der Waals surface area (Å²) in [6, 6.07) is 6.06. The number of nitrogens with zero attached hydrogens (tertiary/aromatic N) is 3. The first-order valence-corrected chi connectivity index (χ1v) is 9.58. The van der Waals surface area contributed by atoms with Crippen molar-refractivity contribution in [2.75, 3.05) is 5.32 Å². The van der Waals surface area contributed by atoms with Crippen LogP contribution in [0.3, 0.4) is 0 Å². The maximum absolute atomic E-state index is 13.0. The third-order valence-electron chi connectivity index (χ3n) is 5.58. The molecule has 1 aromatic heterocycles. The molecule has 0 spiro atoms. The van der Waals surface area contributed by atoms with E-state index in [0.717, 1.165) is 34.1 Å². The fourth-order valence-corrected chi connectivity index (χ4v) is 4.60. The van der Waals surface area contributed by atoms with Gasteiger partial charge in [0.25, 0.3) is 5.91 Å². The highest BCUT2D eigenvalue weighted by Gasteiger charge is 2.41. The number of nitrogens with one attached hydrogen (secondary N) is 1. The Morgan fingerprint density at radius 1 is 1.36 bits per heavy atom. The normalized spacial score (nSPS) is 21.0. The Morgan fingerprint density at radius 2 is 2.08 bits per heavy atom. The number of benzene rings is 1. The molecule has 1 N–H and O–H groups in total. The summed E-state index contributed by atoms with van der Waals surface area (Å²) in [4.78, 5) is 13.0. The standard InChI is InChI=1S/C19H19IN4O/c1-19(2,24-10-14(20)9-22-24)18(25)23-15-6-5-13(8-21)16-11-3-4-12(7-11)17(15)16/h5-6,9-12H,3-4,7H2,1-2H3,(H,23,25). The molecule has 2 atom stereocenters. The van der Waals surface area contributed by atoms with Gasteiger partial charge in [0.05, 0.1) is 21.4 Å². The average molecular weight is 446 g/mol. The van der Waals surface area contributed by atoms with Gasteiger partial charge in [0.15, 0.2) is 0 Å². The van der Waals surface area contributed by atoms with Crippen LogP contribution in [0.1, 0.15) is 61.6 Å². The molecule has 0 saturated heterocycles. The predicted molar refractivity (Wildman–Crippen MR) is 103 cm³/mol. The summed E-state index contributed by atoms with van der Waals surface area (Å²) in [6.07, 6.45) is 7.02. The molecule has 0 radical (unpaired) electrons. The lowest BCUT2D eigenvalue weighted by atomic mass is 9.87. The molecule has 1 heterocycles. The quantitative estimate of drug-likeness (QED) is 0.722. The molecule has 2 aliphatic rings. The molecular formula is C19H19IN4O. The molecule has 2 unspecified atom stereocenters. The number of nitriles is 1. The first-order chi connectivity index (χ1) is 11.9. The third-order valence-corrected chi connectivity index (χ3v) is 6.14. The molecule has 128 valence electrons. The van der Waals surface area contributed by atoms with E-state index in [1.807, 2.05) is 32.2 Å². The number of carbonyl (C=O) groups is 1. The fourth-order valence-electron chi connectivity index (χ4n) is 4.21. The number of halogens is 1. The Hall–Kier alpha value is -1.88. The Balaban J connectivity index is 1.68. The van der Waals surface area contributed by atoms with Crippen molar-refractivity contribution in [3.63, 3.8) is 0 Å². The molecule has 0 aliphatic heterocycles. The van der Waals surface area contributed by atoms with Crippen LogP contribution in [0.4, 0.5) is 5.69 Å². The van der Waals surface area contributed by atoms with E-state index >= 15 is 0 Å². The van der Waals surface area contributed by atoms with Gasteiger partial charge in [-0.05, 0) is 90.8 Å². The zero-order valence-corrected chi connectivity index (χ0v) is 16.4. The Kier molecular flexibility index (Phi) is 3.87. The van der Waals surface area contributed by atoms with Crippen molar-refractivity contribution in [3.8, 4) is 6.07 Å². The molecule has 2 aliphatic carbocycles. The predicted octanol–water partition coefficient (Wildman–Crippen LogP) is 4.10. The first kappa shape index (κ1) is 16.6. The van der Waals surface area contributed by atoms with Crippen molar-refractivity contribution in [3.05, 3.63) is 44.8 Å². The smallest absolute Gasteiger partial charge is 0.251 e. The molecule has 5 nitrogen and oxygen atoms in total. The molecule has 1 amide bonds. The van der Waals surface area contributed by atoms with Crippen LogP contribution in [0.25, 0.3) is 0 Å². The van der Waals surface area contributed by atoms with Crippen LogP contribution in [-0.4, -0.2) is 15.7 Å². The van der Waals surface area contributed by atoms with E-state index in [0.29, 0.717) is 11.8 Å². The number of carbonyl (C=O) groups excluding carboxylic acids is 1. The van der Waals surface area contributed by atoms with Gasteiger partial charge in [-0.25, -0.2) is 0 Å². The highest BCUT2D eigenvalue weighted by Crippen LogP contribution is 2.56. The van der Waals surface area contributed by atoms with Gasteiger partial charge in [0, 0.05) is 11.9 Å². The van der Waals surface area contributed by atoms with E-state index in [1.54, 1.807) is 10.9 Å². The van der Waals surface area contributed by atoms with Crippen LogP contribution < -0.4 is 5.32 Å². The summed E-state index contributed by atoms with van der Waals surface area (Å²) in [5.41, 5.74) is 3.20. The minimum atomic E-state index is -0.790. The van der Waals surface area contributed by atoms with Crippen molar-refractivity contribution in [1.82, 2.24) is 9.78 Å². The van der Waals surface area contributed by atoms with E-state index in [2.05, 4.69) is 39.1 Å². The lowest BCUT2D eigenvalue weighted by Gasteiger charge is -2.26. The number of aromatic nitrogens is 2. The van der Waals surface area contributed by atoms with Crippen LogP contribution in [-0.2, 0) is 10.3 Å². The van der Waals surface area contributed by atoms with Crippen molar-refractivity contribution in [2.45, 2.75) is 50.5 Å². The van der Waals surface area contributed by atoms with Gasteiger partial charge in [-0.15, -0.1) is 0 Å². The average Bonchev–Trinajstić information content (AvgIpc) is 3.31. The zero-order chi connectivity index (χ0) is 17.8. The highest BCUT2D eigenvalue weighted by atomic mass is 127. The molecule has 1 fully saturated rings. The number of amides is 1. The minimum Gasteiger partial charge on any atom is -0.324 e.